The summed E-state index contributed by atoms with van der Waals surface area (Å²) in [6.07, 6.45) is 2.17. The third kappa shape index (κ3) is 4.03. The molecule has 0 heterocycles. The second-order valence-electron chi connectivity index (χ2n) is 3.07. The molecule has 0 saturated heterocycles. The first-order valence-electron chi connectivity index (χ1n) is 4.84. The van der Waals surface area contributed by atoms with Gasteiger partial charge in [0.05, 0.1) is 29.4 Å². The van der Waals surface area contributed by atoms with Crippen molar-refractivity contribution in [3.8, 4) is 6.07 Å². The maximum absolute atomic E-state index is 10.6. The lowest BCUT2D eigenvalue weighted by Gasteiger charge is -1.95. The van der Waals surface area contributed by atoms with E-state index in [1.807, 2.05) is 6.07 Å². The molecule has 0 saturated carbocycles. The fourth-order valence-corrected chi connectivity index (χ4v) is 1.02. The summed E-state index contributed by atoms with van der Waals surface area (Å²) in [6.45, 7) is 0. The highest BCUT2D eigenvalue weighted by atomic mass is 16.6. The molecule has 0 unspecified atom stereocenters. The Balaban J connectivity index is 2.83. The Bertz CT molecular complexity index is 514. The first kappa shape index (κ1) is 13.3. The highest BCUT2D eigenvalue weighted by molar-refractivity contribution is 5.78. The first-order valence-corrected chi connectivity index (χ1v) is 4.84. The van der Waals surface area contributed by atoms with Crippen LogP contribution in [0.3, 0.4) is 0 Å². The second kappa shape index (κ2) is 6.78. The lowest BCUT2D eigenvalue weighted by Crippen LogP contribution is -2.08. The van der Waals surface area contributed by atoms with Gasteiger partial charge in [0.25, 0.3) is 0 Å². The van der Waals surface area contributed by atoms with Gasteiger partial charge in [-0.1, -0.05) is 0 Å². The summed E-state index contributed by atoms with van der Waals surface area (Å²) in [5.41, 5.74) is 3.01. The topological polar surface area (TPSA) is 101 Å². The molecule has 0 aliphatic rings. The molecule has 0 aliphatic carbocycles. The van der Waals surface area contributed by atoms with Gasteiger partial charge in [-0.15, -0.1) is 0 Å². The summed E-state index contributed by atoms with van der Waals surface area (Å²) in [6, 6.07) is 8.31. The van der Waals surface area contributed by atoms with E-state index in [0.717, 1.165) is 12.4 Å². The number of rotatable bonds is 5. The van der Waals surface area contributed by atoms with Crippen LogP contribution in [-0.4, -0.2) is 18.2 Å². The fraction of sp³-hybridized carbons (Fsp3) is 0.0909. The number of nitriles is 1. The third-order valence-electron chi connectivity index (χ3n) is 1.88. The minimum Gasteiger partial charge on any atom is -0.280 e. The van der Waals surface area contributed by atoms with E-state index in [4.69, 9.17) is 5.26 Å². The van der Waals surface area contributed by atoms with E-state index in [9.17, 15) is 10.1 Å². The summed E-state index contributed by atoms with van der Waals surface area (Å²) >= 11 is 0. The van der Waals surface area contributed by atoms with Crippen LogP contribution >= 0.6 is 0 Å². The van der Waals surface area contributed by atoms with E-state index in [-0.39, 0.29) is 5.70 Å². The number of aliphatic imine (C=N–C) groups is 1. The zero-order chi connectivity index (χ0) is 13.4. The van der Waals surface area contributed by atoms with E-state index in [2.05, 4.69) is 15.3 Å². The molecule has 0 aromatic heterocycles. The van der Waals surface area contributed by atoms with Gasteiger partial charge in [0.15, 0.2) is 0 Å². The quantitative estimate of drug-likeness (QED) is 0.482. The summed E-state index contributed by atoms with van der Waals surface area (Å²) in [4.78, 5) is 18.4. The molecule has 0 radical (unpaired) electrons. The van der Waals surface area contributed by atoms with Crippen molar-refractivity contribution in [1.82, 2.24) is 5.48 Å². The van der Waals surface area contributed by atoms with E-state index in [0.29, 0.717) is 11.3 Å². The van der Waals surface area contributed by atoms with Crippen LogP contribution in [0.2, 0.25) is 0 Å². The number of allylic oxidation sites excluding steroid dienone is 1. The summed E-state index contributed by atoms with van der Waals surface area (Å²) in [5, 5.41) is 19.2. The molecule has 0 atom stereocenters. The Morgan fingerprint density at radius 3 is 2.72 bits per heavy atom. The number of nitrogens with zero attached hydrogens (tertiary/aromatic N) is 3. The number of benzene rings is 1. The highest BCUT2D eigenvalue weighted by Gasteiger charge is 2.06. The Labute approximate surface area is 103 Å². The maximum atomic E-state index is 10.6. The molecule has 7 heteroatoms. The van der Waals surface area contributed by atoms with Gasteiger partial charge < -0.3 is 0 Å². The average molecular weight is 246 g/mol. The second-order valence-corrected chi connectivity index (χ2v) is 3.07. The van der Waals surface area contributed by atoms with Crippen LogP contribution in [-0.2, 0) is 4.84 Å². The fourth-order valence-electron chi connectivity index (χ4n) is 1.02. The van der Waals surface area contributed by atoms with Crippen LogP contribution in [0.25, 0.3) is 0 Å². The molecule has 7 nitrogen and oxygen atoms in total. The molecule has 1 aromatic carbocycles. The summed E-state index contributed by atoms with van der Waals surface area (Å²) < 4.78 is 0. The third-order valence-corrected chi connectivity index (χ3v) is 1.88. The van der Waals surface area contributed by atoms with Crippen LogP contribution in [0.4, 0.5) is 5.69 Å². The minimum atomic E-state index is -0.598. The standard InChI is InChI=1S/C11H10N4O3/c1-18-14-8-11(15(16)17)7-13-10-4-2-9(6-12)3-5-10/h2-5,7-8,14H,1H3. The maximum Gasteiger partial charge on any atom is 0.305 e. The smallest absolute Gasteiger partial charge is 0.280 e. The molecule has 1 aromatic rings. The van der Waals surface area contributed by atoms with Crippen LogP contribution < -0.4 is 5.48 Å². The molecule has 18 heavy (non-hydrogen) atoms. The normalized spacial score (nSPS) is 11.2. The Hall–Kier alpha value is -2.72. The Morgan fingerprint density at radius 1 is 1.56 bits per heavy atom. The molecule has 1 N–H and O–H groups in total. The summed E-state index contributed by atoms with van der Waals surface area (Å²) in [7, 11) is 1.34. The number of nitro groups is 1. The molecule has 0 bridgehead atoms. The molecular formula is C11H10N4O3. The van der Waals surface area contributed by atoms with Gasteiger partial charge in [-0.3, -0.25) is 20.4 Å². The molecule has 0 fully saturated rings. The Kier molecular flexibility index (Phi) is 5.02. The molecular weight excluding hydrogens is 236 g/mol. The van der Waals surface area contributed by atoms with Crippen molar-refractivity contribution in [2.45, 2.75) is 0 Å². The monoisotopic (exact) mass is 246 g/mol. The lowest BCUT2D eigenvalue weighted by molar-refractivity contribution is -0.415. The van der Waals surface area contributed by atoms with Crippen molar-refractivity contribution in [3.63, 3.8) is 0 Å². The van der Waals surface area contributed by atoms with Gasteiger partial charge in [0.2, 0.25) is 0 Å². The SMILES string of the molecule is CONC=C(C=Nc1ccc(C#N)cc1)[N+](=O)[O-]. The number of hydroxylamine groups is 1. The van der Waals surface area contributed by atoms with E-state index >= 15 is 0 Å². The van der Waals surface area contributed by atoms with E-state index in [1.54, 1.807) is 24.3 Å². The minimum absolute atomic E-state index is 0.249. The van der Waals surface area contributed by atoms with Crippen LogP contribution in [0.15, 0.2) is 41.2 Å². The van der Waals surface area contributed by atoms with Crippen molar-refractivity contribution in [3.05, 3.63) is 51.8 Å². The molecule has 1 rings (SSSR count). The Morgan fingerprint density at radius 2 is 2.22 bits per heavy atom. The van der Waals surface area contributed by atoms with Crippen molar-refractivity contribution >= 4 is 11.9 Å². The van der Waals surface area contributed by atoms with Crippen LogP contribution in [0.1, 0.15) is 5.56 Å². The number of hydrogen-bond acceptors (Lipinski definition) is 6. The van der Waals surface area contributed by atoms with Crippen LogP contribution in [0, 0.1) is 21.4 Å². The van der Waals surface area contributed by atoms with Crippen molar-refractivity contribution in [1.29, 1.82) is 5.26 Å². The molecule has 0 spiro atoms. The predicted octanol–water partition coefficient (Wildman–Crippen LogP) is 1.53. The van der Waals surface area contributed by atoms with Gasteiger partial charge >= 0.3 is 5.70 Å². The van der Waals surface area contributed by atoms with Crippen molar-refractivity contribution in [2.24, 2.45) is 4.99 Å². The molecule has 92 valence electrons. The van der Waals surface area contributed by atoms with Crippen LogP contribution in [0.5, 0.6) is 0 Å². The van der Waals surface area contributed by atoms with Gasteiger partial charge in [0, 0.05) is 0 Å². The van der Waals surface area contributed by atoms with Crippen molar-refractivity contribution < 1.29 is 9.76 Å². The van der Waals surface area contributed by atoms with Gasteiger partial charge in [-0.25, -0.2) is 4.99 Å². The van der Waals surface area contributed by atoms with Gasteiger partial charge in [-0.2, -0.15) is 5.26 Å². The largest absolute Gasteiger partial charge is 0.305 e. The van der Waals surface area contributed by atoms with Gasteiger partial charge in [0.1, 0.15) is 12.4 Å². The lowest BCUT2D eigenvalue weighted by atomic mass is 10.2. The zero-order valence-corrected chi connectivity index (χ0v) is 9.53. The number of nitrogens with one attached hydrogen (secondary N) is 1. The average Bonchev–Trinajstić information content (AvgIpc) is 2.39. The number of hydrogen-bond donors (Lipinski definition) is 1. The van der Waals surface area contributed by atoms with Gasteiger partial charge in [-0.05, 0) is 24.3 Å². The molecule has 0 aliphatic heterocycles. The highest BCUT2D eigenvalue weighted by Crippen LogP contribution is 2.12. The first-order chi connectivity index (χ1) is 8.67. The van der Waals surface area contributed by atoms with Crippen molar-refractivity contribution in [2.75, 3.05) is 7.11 Å². The summed E-state index contributed by atoms with van der Waals surface area (Å²) in [5.74, 6) is 0. The predicted molar refractivity (Wildman–Crippen MR) is 64.5 cm³/mol. The van der Waals surface area contributed by atoms with E-state index < -0.39 is 4.92 Å². The van der Waals surface area contributed by atoms with E-state index in [1.165, 1.54) is 7.11 Å². The molecule has 0 amide bonds. The zero-order valence-electron chi connectivity index (χ0n) is 9.53.